The van der Waals surface area contributed by atoms with Gasteiger partial charge in [-0.05, 0) is 64.7 Å². The fourth-order valence-electron chi connectivity index (χ4n) is 4.11. The molecule has 0 saturated heterocycles. The van der Waals surface area contributed by atoms with Crippen molar-refractivity contribution in [3.8, 4) is 11.5 Å². The molecule has 2 fully saturated rings. The number of fused-ring (bicyclic) bond motifs is 2. The van der Waals surface area contributed by atoms with Gasteiger partial charge in [0.05, 0.1) is 24.6 Å². The molecule has 1 aromatic rings. The van der Waals surface area contributed by atoms with Gasteiger partial charge < -0.3 is 20.5 Å². The summed E-state index contributed by atoms with van der Waals surface area (Å²) in [4.78, 5) is 12.5. The molecule has 7 heteroatoms. The first-order valence-electron chi connectivity index (χ1n) is 7.98. The third kappa shape index (κ3) is 3.51. The molecule has 24 heavy (non-hydrogen) atoms. The van der Waals surface area contributed by atoms with E-state index in [9.17, 15) is 4.79 Å². The molecule has 3 rings (SSSR count). The van der Waals surface area contributed by atoms with Gasteiger partial charge in [0.25, 0.3) is 0 Å². The summed E-state index contributed by atoms with van der Waals surface area (Å²) in [5.41, 5.74) is 7.19. The zero-order valence-corrected chi connectivity index (χ0v) is 16.3. The van der Waals surface area contributed by atoms with E-state index in [2.05, 4.69) is 21.2 Å². The summed E-state index contributed by atoms with van der Waals surface area (Å²) in [6.07, 6.45) is 3.43. The highest BCUT2D eigenvalue weighted by Gasteiger charge is 2.48. The number of carbonyl (C=O) groups is 1. The van der Waals surface area contributed by atoms with Crippen LogP contribution >= 0.6 is 28.3 Å². The van der Waals surface area contributed by atoms with Crippen molar-refractivity contribution in [2.45, 2.75) is 31.8 Å². The predicted octanol–water partition coefficient (Wildman–Crippen LogP) is 2.88. The molecule has 2 aliphatic rings. The van der Waals surface area contributed by atoms with E-state index in [-0.39, 0.29) is 30.3 Å². The number of amides is 1. The van der Waals surface area contributed by atoms with Crippen molar-refractivity contribution in [1.29, 1.82) is 0 Å². The maximum absolute atomic E-state index is 12.5. The van der Waals surface area contributed by atoms with Crippen LogP contribution in [0.25, 0.3) is 0 Å². The second-order valence-corrected chi connectivity index (χ2v) is 7.32. The number of ether oxygens (including phenoxy) is 2. The highest BCUT2D eigenvalue weighted by atomic mass is 79.9. The topological polar surface area (TPSA) is 73.6 Å². The van der Waals surface area contributed by atoms with Crippen LogP contribution in [0.2, 0.25) is 0 Å². The smallest absolute Gasteiger partial charge is 0.225 e. The average molecular weight is 420 g/mol. The Labute approximate surface area is 157 Å². The second-order valence-electron chi connectivity index (χ2n) is 6.47. The van der Waals surface area contributed by atoms with Crippen LogP contribution in [0, 0.1) is 17.8 Å². The first-order valence-corrected chi connectivity index (χ1v) is 8.78. The summed E-state index contributed by atoms with van der Waals surface area (Å²) in [7, 11) is 3.20. The van der Waals surface area contributed by atoms with Gasteiger partial charge in [-0.3, -0.25) is 4.79 Å². The molecule has 0 heterocycles. The van der Waals surface area contributed by atoms with Crippen molar-refractivity contribution in [3.63, 3.8) is 0 Å². The van der Waals surface area contributed by atoms with E-state index in [0.717, 1.165) is 22.9 Å². The van der Waals surface area contributed by atoms with E-state index in [1.807, 2.05) is 12.1 Å². The molecule has 3 N–H and O–H groups in total. The molecule has 0 spiro atoms. The molecule has 0 radical (unpaired) electrons. The van der Waals surface area contributed by atoms with E-state index in [1.165, 1.54) is 6.42 Å². The van der Waals surface area contributed by atoms with Crippen molar-refractivity contribution >= 4 is 34.2 Å². The quantitative estimate of drug-likeness (QED) is 0.769. The number of halogens is 2. The zero-order chi connectivity index (χ0) is 16.6. The largest absolute Gasteiger partial charge is 0.493 e. The summed E-state index contributed by atoms with van der Waals surface area (Å²) in [5.74, 6) is 2.34. The second kappa shape index (κ2) is 7.93. The third-order valence-corrected chi connectivity index (χ3v) is 5.83. The summed E-state index contributed by atoms with van der Waals surface area (Å²) < 4.78 is 11.4. The van der Waals surface area contributed by atoms with Crippen molar-refractivity contribution in [1.82, 2.24) is 5.32 Å². The van der Waals surface area contributed by atoms with Gasteiger partial charge in [0.2, 0.25) is 5.91 Å². The summed E-state index contributed by atoms with van der Waals surface area (Å²) >= 11 is 3.47. The first-order chi connectivity index (χ1) is 11.0. The normalized spacial score (nSPS) is 27.5. The highest BCUT2D eigenvalue weighted by Crippen LogP contribution is 2.47. The maximum Gasteiger partial charge on any atom is 0.225 e. The fraction of sp³-hybridized carbons (Fsp3) is 0.588. The molecule has 2 aliphatic carbocycles. The van der Waals surface area contributed by atoms with Crippen LogP contribution in [0.4, 0.5) is 0 Å². The Morgan fingerprint density at radius 1 is 1.29 bits per heavy atom. The Balaban J connectivity index is 0.00000208. The molecule has 5 nitrogen and oxygen atoms in total. The van der Waals surface area contributed by atoms with Crippen LogP contribution in [0.3, 0.4) is 0 Å². The van der Waals surface area contributed by atoms with Gasteiger partial charge in [0.1, 0.15) is 0 Å². The molecule has 1 amide bonds. The lowest BCUT2D eigenvalue weighted by Gasteiger charge is -2.27. The number of hydrogen-bond donors (Lipinski definition) is 2. The Hall–Kier alpha value is -0.980. The number of methoxy groups -OCH3 is 2. The fourth-order valence-corrected chi connectivity index (χ4v) is 4.76. The minimum atomic E-state index is -0.0302. The van der Waals surface area contributed by atoms with Crippen molar-refractivity contribution < 1.29 is 14.3 Å². The molecule has 0 aliphatic heterocycles. The molecule has 2 bridgehead atoms. The van der Waals surface area contributed by atoms with Gasteiger partial charge in [-0.25, -0.2) is 0 Å². The van der Waals surface area contributed by atoms with Crippen molar-refractivity contribution in [2.24, 2.45) is 23.5 Å². The molecule has 0 aromatic heterocycles. The molecular formula is C17H24BrClN2O3. The van der Waals surface area contributed by atoms with Gasteiger partial charge in [-0.15, -0.1) is 12.4 Å². The molecule has 134 valence electrons. The highest BCUT2D eigenvalue weighted by molar-refractivity contribution is 9.10. The summed E-state index contributed by atoms with van der Waals surface area (Å²) in [5, 5.41) is 3.04. The number of nitrogens with two attached hydrogens (primary N) is 1. The lowest BCUT2D eigenvalue weighted by Crippen LogP contribution is -2.45. The summed E-state index contributed by atoms with van der Waals surface area (Å²) in [6.45, 7) is 0.457. The zero-order valence-electron chi connectivity index (χ0n) is 13.9. The van der Waals surface area contributed by atoms with E-state index >= 15 is 0 Å². The average Bonchev–Trinajstić information content (AvgIpc) is 3.13. The minimum absolute atomic E-state index is 0. The van der Waals surface area contributed by atoms with E-state index in [0.29, 0.717) is 29.9 Å². The maximum atomic E-state index is 12.5. The molecule has 4 atom stereocenters. The number of carbonyl (C=O) groups excluding carboxylic acids is 1. The van der Waals surface area contributed by atoms with Gasteiger partial charge in [0.15, 0.2) is 11.5 Å². The Kier molecular flexibility index (Phi) is 6.39. The Morgan fingerprint density at radius 2 is 2.00 bits per heavy atom. The van der Waals surface area contributed by atoms with Gasteiger partial charge in [-0.2, -0.15) is 0 Å². The van der Waals surface area contributed by atoms with Crippen LogP contribution in [-0.4, -0.2) is 26.2 Å². The minimum Gasteiger partial charge on any atom is -0.493 e. The number of benzene rings is 1. The third-order valence-electron chi connectivity index (χ3n) is 5.24. The van der Waals surface area contributed by atoms with Crippen molar-refractivity contribution in [3.05, 3.63) is 22.2 Å². The lowest BCUT2D eigenvalue weighted by molar-refractivity contribution is -0.127. The Morgan fingerprint density at radius 3 is 2.58 bits per heavy atom. The number of hydrogen-bond acceptors (Lipinski definition) is 4. The monoisotopic (exact) mass is 418 g/mol. The number of rotatable bonds is 5. The van der Waals surface area contributed by atoms with E-state index < -0.39 is 0 Å². The van der Waals surface area contributed by atoms with Crippen molar-refractivity contribution in [2.75, 3.05) is 14.2 Å². The molecule has 2 saturated carbocycles. The first kappa shape index (κ1) is 19.3. The number of nitrogens with one attached hydrogen (secondary N) is 1. The molecule has 4 unspecified atom stereocenters. The SMILES string of the molecule is COc1cc(CNC(=O)C2C3CCC(C3)C2N)cc(Br)c1OC.Cl. The van der Waals surface area contributed by atoms with Gasteiger partial charge in [-0.1, -0.05) is 0 Å². The Bertz CT molecular complexity index is 612. The van der Waals surface area contributed by atoms with Crippen LogP contribution in [-0.2, 0) is 11.3 Å². The predicted molar refractivity (Wildman–Crippen MR) is 98.6 cm³/mol. The van der Waals surface area contributed by atoms with Crippen LogP contribution in [0.5, 0.6) is 11.5 Å². The van der Waals surface area contributed by atoms with Gasteiger partial charge in [0, 0.05) is 12.6 Å². The van der Waals surface area contributed by atoms with E-state index in [4.69, 9.17) is 15.2 Å². The standard InChI is InChI=1S/C17H23BrN2O3.ClH/c1-22-13-6-9(5-12(18)16(13)23-2)8-20-17(21)14-10-3-4-11(7-10)15(14)19;/h5-6,10-11,14-15H,3-4,7-8,19H2,1-2H3,(H,20,21);1H. The molecule has 1 aromatic carbocycles. The van der Waals surface area contributed by atoms with Crippen LogP contribution < -0.4 is 20.5 Å². The lowest BCUT2D eigenvalue weighted by atomic mass is 9.84. The molecular weight excluding hydrogens is 396 g/mol. The van der Waals surface area contributed by atoms with Crippen LogP contribution in [0.15, 0.2) is 16.6 Å². The van der Waals surface area contributed by atoms with Gasteiger partial charge >= 0.3 is 0 Å². The van der Waals surface area contributed by atoms with E-state index in [1.54, 1.807) is 14.2 Å². The summed E-state index contributed by atoms with van der Waals surface area (Å²) in [6, 6.07) is 3.83. The van der Waals surface area contributed by atoms with Crippen LogP contribution in [0.1, 0.15) is 24.8 Å².